The zero-order valence-corrected chi connectivity index (χ0v) is 12.7. The third kappa shape index (κ3) is 2.82. The third-order valence-electron chi connectivity index (χ3n) is 2.40. The zero-order valence-electron chi connectivity index (χ0n) is 11.1. The van der Waals surface area contributed by atoms with Gasteiger partial charge in [0.2, 0.25) is 0 Å². The molecule has 0 aromatic heterocycles. The minimum atomic E-state index is -7.23. The molecule has 0 spiro atoms. The van der Waals surface area contributed by atoms with Crippen molar-refractivity contribution < 1.29 is 43.2 Å². The second-order valence-electron chi connectivity index (χ2n) is 3.80. The molecule has 136 valence electrons. The molecule has 0 aliphatic rings. The lowest BCUT2D eigenvalue weighted by atomic mass is 10.3. The van der Waals surface area contributed by atoms with Crippen LogP contribution in [0.4, 0.5) is 26.3 Å². The van der Waals surface area contributed by atoms with Crippen molar-refractivity contribution in [1.82, 2.24) is 0 Å². The van der Waals surface area contributed by atoms with Crippen LogP contribution < -0.4 is 0 Å². The Bertz CT molecular complexity index is 947. The highest BCUT2D eigenvalue weighted by atomic mass is 32.2. The number of nitriles is 1. The topological polar surface area (TPSA) is 123 Å². The van der Waals surface area contributed by atoms with Crippen molar-refractivity contribution in [3.05, 3.63) is 33.3 Å². The van der Waals surface area contributed by atoms with Gasteiger partial charge >= 0.3 is 36.7 Å². The minimum Gasteiger partial charge on any atom is -0.775 e. The molecule has 1 unspecified atom stereocenters. The average Bonchev–Trinajstić information content (AvgIpc) is 2.48. The summed E-state index contributed by atoms with van der Waals surface area (Å²) in [5.41, 5.74) is 0. The number of halogens is 6. The molecule has 16 heteroatoms. The summed E-state index contributed by atoms with van der Waals surface area (Å²) in [5.74, 6) is -6.96. The van der Waals surface area contributed by atoms with Gasteiger partial charge in [-0.3, -0.25) is 10.7 Å². The number of hydrogen-bond donors (Lipinski definition) is 0. The van der Waals surface area contributed by atoms with Crippen LogP contribution in [0.2, 0.25) is 0 Å². The van der Waals surface area contributed by atoms with Crippen LogP contribution in [0.3, 0.4) is 0 Å². The lowest BCUT2D eigenvalue weighted by Gasteiger charge is -2.30. The second-order valence-corrected chi connectivity index (χ2v) is 7.75. The van der Waals surface area contributed by atoms with Crippen molar-refractivity contribution >= 4 is 25.5 Å². The Kier molecular flexibility index (Phi) is 5.70. The summed E-state index contributed by atoms with van der Waals surface area (Å²) in [6, 6.07) is 0.350. The van der Waals surface area contributed by atoms with Crippen molar-refractivity contribution in [3.63, 3.8) is 0 Å². The molecule has 0 N–H and O–H groups in total. The fourth-order valence-corrected chi connectivity index (χ4v) is 3.15. The number of sulfone groups is 2. The fourth-order valence-electron chi connectivity index (χ4n) is 1.09. The molecule has 1 atom stereocenters. The molecular weight excluding hydrogens is 406 g/mol. The number of hydrogen-bond acceptors (Lipinski definition) is 5. The van der Waals surface area contributed by atoms with Gasteiger partial charge in [-0.2, -0.15) is 31.6 Å². The van der Waals surface area contributed by atoms with E-state index in [4.69, 9.17) is 23.8 Å². The lowest BCUT2D eigenvalue weighted by Crippen LogP contribution is -2.61. The fraction of sp³-hybridized carbons (Fsp3) is 0.444. The predicted octanol–water partition coefficient (Wildman–Crippen LogP) is 1.41. The van der Waals surface area contributed by atoms with Gasteiger partial charge in [0.05, 0.1) is 6.57 Å². The standard InChI is InChI=1S/C9HF6N4O4S2/c1-18-5(3-16)24(20,21)8(12,13)7(10,11)9(14,15)25(22,23)6(4-17)19-2/h5H/q-1. The Morgan fingerprint density at radius 1 is 1.04 bits per heavy atom. The van der Waals surface area contributed by atoms with E-state index >= 15 is 0 Å². The molecule has 0 saturated carbocycles. The normalized spacial score (nSPS) is 14.4. The first-order chi connectivity index (χ1) is 11.0. The van der Waals surface area contributed by atoms with E-state index in [-0.39, 0.29) is 5.87 Å². The van der Waals surface area contributed by atoms with Gasteiger partial charge in [0, 0.05) is 0 Å². The quantitative estimate of drug-likeness (QED) is 0.374. The average molecular weight is 407 g/mol. The molecular formula is C9HF6N4O4S2-. The number of rotatable bonds is 6. The highest BCUT2D eigenvalue weighted by Crippen LogP contribution is 2.52. The number of nitrogens with zero attached hydrogens (tertiary/aromatic N) is 4. The molecule has 25 heavy (non-hydrogen) atoms. The Labute approximate surface area is 135 Å². The summed E-state index contributed by atoms with van der Waals surface area (Å²) in [6.45, 7) is 12.3. The van der Waals surface area contributed by atoms with Gasteiger partial charge in [-0.05, 0) is 0 Å². The Hall–Kier alpha value is -2.60. The second kappa shape index (κ2) is 6.37. The maximum absolute atomic E-state index is 13.6. The molecule has 0 rings (SSSR count). The molecule has 0 amide bonds. The first-order valence-corrected chi connectivity index (χ1v) is 8.09. The molecule has 0 radical (unpaired) electrons. The predicted molar refractivity (Wildman–Crippen MR) is 67.2 cm³/mol. The van der Waals surface area contributed by atoms with Gasteiger partial charge in [-0.15, -0.1) is 0 Å². The van der Waals surface area contributed by atoms with E-state index in [0.29, 0.717) is 6.07 Å². The van der Waals surface area contributed by atoms with Crippen molar-refractivity contribution in [2.75, 3.05) is 0 Å². The highest BCUT2D eigenvalue weighted by Gasteiger charge is 2.83. The SMILES string of the molecule is [C-]#[N+]C(=C=[N-])S(=O)(=O)C(F)(F)C(F)(F)C(F)(F)S(=O)(=O)C(C#N)[N+]#[C-]. The summed E-state index contributed by atoms with van der Waals surface area (Å²) in [6.07, 6.45) is 0. The number of alkyl halides is 6. The van der Waals surface area contributed by atoms with E-state index < -0.39 is 46.5 Å². The smallest absolute Gasteiger partial charge is 0.423 e. The van der Waals surface area contributed by atoms with Gasteiger partial charge in [0.15, 0.2) is 6.07 Å². The van der Waals surface area contributed by atoms with Gasteiger partial charge in [-0.1, -0.05) is 0 Å². The molecule has 0 aliphatic carbocycles. The summed E-state index contributed by atoms with van der Waals surface area (Å²) in [4.78, 5) is 3.44. The third-order valence-corrected chi connectivity index (χ3v) is 5.79. The first kappa shape index (κ1) is 22.4. The molecule has 0 fully saturated rings. The lowest BCUT2D eigenvalue weighted by molar-refractivity contribution is -0.243. The van der Waals surface area contributed by atoms with Crippen LogP contribution >= 0.6 is 0 Å². The summed E-state index contributed by atoms with van der Waals surface area (Å²) in [7, 11) is -14.0. The van der Waals surface area contributed by atoms with Crippen molar-refractivity contribution in [3.8, 4) is 6.07 Å². The van der Waals surface area contributed by atoms with Crippen molar-refractivity contribution in [2.24, 2.45) is 0 Å². The molecule has 0 saturated heterocycles. The Balaban J connectivity index is 6.81. The van der Waals surface area contributed by atoms with Crippen molar-refractivity contribution in [1.29, 1.82) is 5.26 Å². The van der Waals surface area contributed by atoms with E-state index in [1.54, 1.807) is 9.69 Å². The molecule has 0 aromatic carbocycles. The zero-order chi connectivity index (χ0) is 20.5. The maximum Gasteiger partial charge on any atom is 0.423 e. The largest absolute Gasteiger partial charge is 0.775 e. The maximum atomic E-state index is 13.6. The summed E-state index contributed by atoms with van der Waals surface area (Å²) in [5, 5.41) is -3.63. The van der Waals surface area contributed by atoms with Crippen LogP contribution in [-0.2, 0) is 19.7 Å². The van der Waals surface area contributed by atoms with Gasteiger partial charge < -0.3 is 5.41 Å². The molecule has 0 bridgehead atoms. The highest BCUT2D eigenvalue weighted by molar-refractivity contribution is 7.97. The van der Waals surface area contributed by atoms with Crippen molar-refractivity contribution in [2.45, 2.75) is 21.8 Å². The van der Waals surface area contributed by atoms with Crippen LogP contribution in [0.1, 0.15) is 0 Å². The van der Waals surface area contributed by atoms with E-state index in [1.807, 2.05) is 0 Å². The molecule has 8 nitrogen and oxygen atoms in total. The monoisotopic (exact) mass is 407 g/mol. The van der Waals surface area contributed by atoms with Gasteiger partial charge in [0.1, 0.15) is 0 Å². The van der Waals surface area contributed by atoms with E-state index in [9.17, 15) is 43.2 Å². The Morgan fingerprint density at radius 2 is 1.48 bits per heavy atom. The van der Waals surface area contributed by atoms with Gasteiger partial charge in [-0.25, -0.2) is 28.3 Å². The van der Waals surface area contributed by atoms with Crippen LogP contribution in [0.15, 0.2) is 5.03 Å². The molecule has 0 aromatic rings. The van der Waals surface area contributed by atoms with Crippen LogP contribution in [0.5, 0.6) is 0 Å². The van der Waals surface area contributed by atoms with Crippen LogP contribution in [-0.4, -0.2) is 44.5 Å². The van der Waals surface area contributed by atoms with Crippen LogP contribution in [0, 0.1) is 24.5 Å². The van der Waals surface area contributed by atoms with E-state index in [2.05, 4.69) is 0 Å². The van der Waals surface area contributed by atoms with E-state index in [0.717, 1.165) is 0 Å². The van der Waals surface area contributed by atoms with Crippen LogP contribution in [0.25, 0.3) is 15.1 Å². The van der Waals surface area contributed by atoms with E-state index in [1.165, 1.54) is 0 Å². The minimum absolute atomic E-state index is 0.271. The molecule has 0 heterocycles. The first-order valence-electron chi connectivity index (χ1n) is 5.06. The molecule has 0 aliphatic heterocycles. The summed E-state index contributed by atoms with van der Waals surface area (Å²) < 4.78 is 126. The summed E-state index contributed by atoms with van der Waals surface area (Å²) >= 11 is 0. The van der Waals surface area contributed by atoms with Gasteiger partial charge in [0.25, 0.3) is 9.84 Å². The Morgan fingerprint density at radius 3 is 1.76 bits per heavy atom.